The lowest BCUT2D eigenvalue weighted by Gasteiger charge is -2.09. The molecule has 11 aromatic rings. The Labute approximate surface area is 301 Å². The summed E-state index contributed by atoms with van der Waals surface area (Å²) in [4.78, 5) is 20.6. The van der Waals surface area contributed by atoms with E-state index in [0.717, 1.165) is 64.6 Å². The molecule has 0 aliphatic rings. The van der Waals surface area contributed by atoms with Crippen LogP contribution in [-0.2, 0) is 0 Å². The van der Waals surface area contributed by atoms with Crippen molar-refractivity contribution < 1.29 is 4.42 Å². The molecule has 0 amide bonds. The molecule has 0 N–H and O–H groups in total. The summed E-state index contributed by atoms with van der Waals surface area (Å²) < 4.78 is 7.97. The lowest BCUT2D eigenvalue weighted by Crippen LogP contribution is -2.00. The number of thiazole rings is 1. The molecule has 3 heterocycles. The van der Waals surface area contributed by atoms with Gasteiger partial charge in [-0.15, -0.1) is 11.3 Å². The van der Waals surface area contributed by atoms with Gasteiger partial charge in [0.2, 0.25) is 0 Å². The lowest BCUT2D eigenvalue weighted by molar-refractivity contribution is 0.670. The maximum Gasteiger partial charge on any atom is 0.167 e. The van der Waals surface area contributed by atoms with Crippen LogP contribution in [-0.4, -0.2) is 19.9 Å². The Balaban J connectivity index is 1.27. The normalized spacial score (nSPS) is 11.8. The number of fused-ring (bicyclic) bond motifs is 10. The molecule has 0 unspecified atom stereocenters. The van der Waals surface area contributed by atoms with Crippen LogP contribution in [0.3, 0.4) is 0 Å². The third-order valence-electron chi connectivity index (χ3n) is 9.91. The summed E-state index contributed by atoms with van der Waals surface area (Å²) in [6, 6.07) is 54.5. The highest BCUT2D eigenvalue weighted by molar-refractivity contribution is 7.21. The Morgan fingerprint density at radius 2 is 1.04 bits per heavy atom. The van der Waals surface area contributed by atoms with E-state index in [0.29, 0.717) is 23.1 Å². The van der Waals surface area contributed by atoms with Gasteiger partial charge >= 0.3 is 0 Å². The summed E-state index contributed by atoms with van der Waals surface area (Å²) >= 11 is 1.68. The van der Waals surface area contributed by atoms with Gasteiger partial charge in [0.1, 0.15) is 16.2 Å². The van der Waals surface area contributed by atoms with Crippen molar-refractivity contribution in [2.45, 2.75) is 0 Å². The maximum atomic E-state index is 6.93. The average molecular weight is 683 g/mol. The van der Waals surface area contributed by atoms with E-state index >= 15 is 0 Å². The summed E-state index contributed by atoms with van der Waals surface area (Å²) in [5, 5.41) is 10.0. The maximum absolute atomic E-state index is 6.93. The molecule has 0 saturated heterocycles. The van der Waals surface area contributed by atoms with E-state index in [-0.39, 0.29) is 0 Å². The number of hydrogen-bond donors (Lipinski definition) is 0. The van der Waals surface area contributed by atoms with E-state index in [2.05, 4.69) is 97.1 Å². The third kappa shape index (κ3) is 4.55. The standard InChI is InChI=1S/C46H26N4OS/c1-3-13-30(14-4-1)43-48-44(31-15-5-2-6-16-31)50-45(49-43)35-26-37-41(47-46(52-37)33-22-19-27-11-7-8-17-32(27)25-33)40-39-36(51-42(35)40)24-23-29-21-20-28-12-9-10-18-34(28)38(29)39/h1-26H. The molecule has 0 aliphatic carbocycles. The second-order valence-electron chi connectivity index (χ2n) is 13.0. The first-order chi connectivity index (χ1) is 25.7. The molecule has 0 saturated carbocycles. The number of hydrogen-bond acceptors (Lipinski definition) is 6. The van der Waals surface area contributed by atoms with Crippen molar-refractivity contribution in [3.8, 4) is 44.7 Å². The van der Waals surface area contributed by atoms with Gasteiger partial charge < -0.3 is 4.42 Å². The largest absolute Gasteiger partial charge is 0.455 e. The first kappa shape index (κ1) is 29.0. The van der Waals surface area contributed by atoms with Gasteiger partial charge in [-0.3, -0.25) is 0 Å². The highest BCUT2D eigenvalue weighted by atomic mass is 32.1. The number of furan rings is 1. The van der Waals surface area contributed by atoms with Crippen LogP contribution in [0.5, 0.6) is 0 Å². The van der Waals surface area contributed by atoms with Crippen LogP contribution in [0.25, 0.3) is 109 Å². The third-order valence-corrected chi connectivity index (χ3v) is 11.0. The number of rotatable bonds is 4. The van der Waals surface area contributed by atoms with Crippen LogP contribution in [0.1, 0.15) is 0 Å². The van der Waals surface area contributed by atoms with E-state index in [1.165, 1.54) is 21.5 Å². The molecule has 5 nitrogen and oxygen atoms in total. The van der Waals surface area contributed by atoms with Crippen LogP contribution in [0.15, 0.2) is 162 Å². The molecule has 242 valence electrons. The van der Waals surface area contributed by atoms with E-state index in [1.807, 2.05) is 60.7 Å². The molecule has 0 atom stereocenters. The monoisotopic (exact) mass is 682 g/mol. The molecule has 11 rings (SSSR count). The van der Waals surface area contributed by atoms with Gasteiger partial charge in [0.25, 0.3) is 0 Å². The van der Waals surface area contributed by atoms with Gasteiger partial charge in [-0.1, -0.05) is 140 Å². The number of benzene rings is 8. The summed E-state index contributed by atoms with van der Waals surface area (Å²) in [5.74, 6) is 1.76. The minimum atomic E-state index is 0.550. The fourth-order valence-electron chi connectivity index (χ4n) is 7.45. The van der Waals surface area contributed by atoms with Gasteiger partial charge in [0.05, 0.1) is 21.2 Å². The Morgan fingerprint density at radius 1 is 0.423 bits per heavy atom. The first-order valence-electron chi connectivity index (χ1n) is 17.2. The zero-order chi connectivity index (χ0) is 34.2. The van der Waals surface area contributed by atoms with Crippen molar-refractivity contribution in [1.29, 1.82) is 0 Å². The number of nitrogens with zero attached hydrogens (tertiary/aromatic N) is 4. The molecular formula is C46H26N4OS. The van der Waals surface area contributed by atoms with Crippen molar-refractivity contribution in [2.24, 2.45) is 0 Å². The Kier molecular flexibility index (Phi) is 6.35. The molecule has 0 bridgehead atoms. The molecule has 0 fully saturated rings. The quantitative estimate of drug-likeness (QED) is 0.173. The topological polar surface area (TPSA) is 64.7 Å². The van der Waals surface area contributed by atoms with Gasteiger partial charge in [0.15, 0.2) is 17.5 Å². The van der Waals surface area contributed by atoms with E-state index < -0.39 is 0 Å². The number of aromatic nitrogens is 4. The van der Waals surface area contributed by atoms with Crippen molar-refractivity contribution in [2.75, 3.05) is 0 Å². The fourth-order valence-corrected chi connectivity index (χ4v) is 8.46. The Bertz CT molecular complexity index is 3130. The summed E-state index contributed by atoms with van der Waals surface area (Å²) in [5.41, 5.74) is 6.13. The lowest BCUT2D eigenvalue weighted by atomic mass is 9.96. The van der Waals surface area contributed by atoms with Crippen LogP contribution in [0, 0.1) is 0 Å². The Hall–Kier alpha value is -6.76. The minimum Gasteiger partial charge on any atom is -0.455 e. The van der Waals surface area contributed by atoms with Gasteiger partial charge in [0, 0.05) is 27.5 Å². The van der Waals surface area contributed by atoms with E-state index in [4.69, 9.17) is 24.4 Å². The molecule has 8 aromatic carbocycles. The Morgan fingerprint density at radius 3 is 1.81 bits per heavy atom. The smallest absolute Gasteiger partial charge is 0.167 e. The van der Waals surface area contributed by atoms with Crippen LogP contribution in [0.2, 0.25) is 0 Å². The zero-order valence-corrected chi connectivity index (χ0v) is 28.4. The van der Waals surface area contributed by atoms with Crippen molar-refractivity contribution in [1.82, 2.24) is 19.9 Å². The van der Waals surface area contributed by atoms with Crippen molar-refractivity contribution in [3.63, 3.8) is 0 Å². The highest BCUT2D eigenvalue weighted by Gasteiger charge is 2.24. The summed E-state index contributed by atoms with van der Waals surface area (Å²) in [6.45, 7) is 0. The molecule has 0 aliphatic heterocycles. The van der Waals surface area contributed by atoms with Gasteiger partial charge in [-0.2, -0.15) is 0 Å². The fraction of sp³-hybridized carbons (Fsp3) is 0. The van der Waals surface area contributed by atoms with Crippen LogP contribution in [0.4, 0.5) is 0 Å². The second-order valence-corrected chi connectivity index (χ2v) is 14.1. The SMILES string of the molecule is c1ccc(-c2nc(-c3ccccc3)nc(-c3cc4sc(-c5ccc6ccccc6c5)nc4c4c3oc3ccc5ccc6ccccc6c5c34)n2)cc1. The predicted octanol–water partition coefficient (Wildman–Crippen LogP) is 12.5. The van der Waals surface area contributed by atoms with E-state index in [1.54, 1.807) is 11.3 Å². The molecular weight excluding hydrogens is 657 g/mol. The highest BCUT2D eigenvalue weighted by Crippen LogP contribution is 2.46. The summed E-state index contributed by atoms with van der Waals surface area (Å²) in [7, 11) is 0. The molecule has 6 heteroatoms. The zero-order valence-electron chi connectivity index (χ0n) is 27.6. The van der Waals surface area contributed by atoms with Crippen molar-refractivity contribution >= 4 is 75.8 Å². The molecule has 3 aromatic heterocycles. The minimum absolute atomic E-state index is 0.550. The van der Waals surface area contributed by atoms with Crippen LogP contribution >= 0.6 is 11.3 Å². The molecule has 0 radical (unpaired) electrons. The first-order valence-corrected chi connectivity index (χ1v) is 18.0. The predicted molar refractivity (Wildman–Crippen MR) is 215 cm³/mol. The molecule has 52 heavy (non-hydrogen) atoms. The second kappa shape index (κ2) is 11.4. The summed E-state index contributed by atoms with van der Waals surface area (Å²) in [6.07, 6.45) is 0. The van der Waals surface area contributed by atoms with Crippen LogP contribution < -0.4 is 0 Å². The van der Waals surface area contributed by atoms with E-state index in [9.17, 15) is 0 Å². The van der Waals surface area contributed by atoms with Gasteiger partial charge in [-0.05, 0) is 45.1 Å². The molecule has 0 spiro atoms. The average Bonchev–Trinajstić information content (AvgIpc) is 3.83. The van der Waals surface area contributed by atoms with Crippen molar-refractivity contribution in [3.05, 3.63) is 158 Å². The van der Waals surface area contributed by atoms with Gasteiger partial charge in [-0.25, -0.2) is 19.9 Å².